The second-order valence-electron chi connectivity index (χ2n) is 4.94. The van der Waals surface area contributed by atoms with Crippen molar-refractivity contribution in [2.24, 2.45) is 0 Å². The molecular formula is C11H19NO10. The number of aliphatic carboxylic acids is 1. The number of rotatable bonds is 6. The first-order chi connectivity index (χ1) is 10.2. The van der Waals surface area contributed by atoms with Crippen molar-refractivity contribution in [2.45, 2.75) is 42.7 Å². The summed E-state index contributed by atoms with van der Waals surface area (Å²) < 4.78 is 4.83. The molecule has 8 N–H and O–H groups in total. The molecule has 0 aliphatic carbocycles. The van der Waals surface area contributed by atoms with Crippen LogP contribution in [0.5, 0.6) is 0 Å². The van der Waals surface area contributed by atoms with Crippen LogP contribution in [-0.2, 0) is 14.3 Å². The van der Waals surface area contributed by atoms with Crippen LogP contribution in [0.2, 0.25) is 0 Å². The number of carboxylic acid groups (broad SMARTS) is 1. The number of carbonyl (C=O) groups excluding carboxylic acids is 1. The SMILES string of the molecule is O=C(CO)NC1C(O)CC(O)(C(=O)O)OC1[C@H](O)[C@H](O)CO. The Bertz CT molecular complexity index is 418. The van der Waals surface area contributed by atoms with Crippen LogP contribution in [0, 0.1) is 0 Å². The van der Waals surface area contributed by atoms with E-state index in [-0.39, 0.29) is 0 Å². The number of carbonyl (C=O) groups is 2. The van der Waals surface area contributed by atoms with Gasteiger partial charge in [-0.05, 0) is 0 Å². The Morgan fingerprint density at radius 1 is 1.32 bits per heavy atom. The van der Waals surface area contributed by atoms with Crippen molar-refractivity contribution < 1.29 is 50.1 Å². The minimum atomic E-state index is -2.85. The summed E-state index contributed by atoms with van der Waals surface area (Å²) in [5.74, 6) is -5.64. The molecule has 0 saturated carbocycles. The maximum absolute atomic E-state index is 11.2. The van der Waals surface area contributed by atoms with E-state index in [0.717, 1.165) is 0 Å². The smallest absolute Gasteiger partial charge is 0.364 e. The highest BCUT2D eigenvalue weighted by atomic mass is 16.7. The zero-order valence-corrected chi connectivity index (χ0v) is 11.4. The normalized spacial score (nSPS) is 34.7. The monoisotopic (exact) mass is 325 g/mol. The third-order valence-electron chi connectivity index (χ3n) is 3.31. The Kier molecular flexibility index (Phi) is 6.19. The fourth-order valence-electron chi connectivity index (χ4n) is 2.13. The van der Waals surface area contributed by atoms with Crippen molar-refractivity contribution in [1.82, 2.24) is 5.32 Å². The number of nitrogens with one attached hydrogen (secondary N) is 1. The van der Waals surface area contributed by atoms with Gasteiger partial charge in [-0.15, -0.1) is 0 Å². The lowest BCUT2D eigenvalue weighted by Crippen LogP contribution is -2.67. The van der Waals surface area contributed by atoms with Gasteiger partial charge in [0.15, 0.2) is 0 Å². The molecule has 0 radical (unpaired) electrons. The average molecular weight is 325 g/mol. The van der Waals surface area contributed by atoms with E-state index in [4.69, 9.17) is 20.1 Å². The summed E-state index contributed by atoms with van der Waals surface area (Å²) in [6.45, 7) is -1.86. The van der Waals surface area contributed by atoms with E-state index in [1.165, 1.54) is 0 Å². The lowest BCUT2D eigenvalue weighted by Gasteiger charge is -2.44. The number of hydrogen-bond donors (Lipinski definition) is 8. The van der Waals surface area contributed by atoms with Crippen LogP contribution in [0.25, 0.3) is 0 Å². The van der Waals surface area contributed by atoms with Crippen molar-refractivity contribution in [3.05, 3.63) is 0 Å². The predicted octanol–water partition coefficient (Wildman–Crippen LogP) is -4.90. The van der Waals surface area contributed by atoms with E-state index in [1.54, 1.807) is 0 Å². The molecule has 1 saturated heterocycles. The zero-order chi connectivity index (χ0) is 17.1. The third-order valence-corrected chi connectivity index (χ3v) is 3.31. The van der Waals surface area contributed by atoms with Crippen molar-refractivity contribution in [3.63, 3.8) is 0 Å². The van der Waals surface area contributed by atoms with E-state index in [9.17, 15) is 30.0 Å². The maximum atomic E-state index is 11.2. The molecule has 128 valence electrons. The minimum Gasteiger partial charge on any atom is -0.477 e. The van der Waals surface area contributed by atoms with Crippen LogP contribution in [0.1, 0.15) is 6.42 Å². The van der Waals surface area contributed by atoms with E-state index < -0.39 is 67.8 Å². The summed E-state index contributed by atoms with van der Waals surface area (Å²) in [5.41, 5.74) is 0. The van der Waals surface area contributed by atoms with Crippen LogP contribution in [0.3, 0.4) is 0 Å². The summed E-state index contributed by atoms with van der Waals surface area (Å²) >= 11 is 0. The highest BCUT2D eigenvalue weighted by Crippen LogP contribution is 2.30. The van der Waals surface area contributed by atoms with Gasteiger partial charge in [-0.25, -0.2) is 4.79 Å². The number of amides is 1. The molecule has 11 nitrogen and oxygen atoms in total. The number of hydrogen-bond acceptors (Lipinski definition) is 9. The fourth-order valence-corrected chi connectivity index (χ4v) is 2.13. The topological polar surface area (TPSA) is 197 Å². The van der Waals surface area contributed by atoms with E-state index in [2.05, 4.69) is 5.32 Å². The Labute approximate surface area is 124 Å². The molecule has 4 unspecified atom stereocenters. The first-order valence-corrected chi connectivity index (χ1v) is 6.35. The molecule has 1 aliphatic rings. The first-order valence-electron chi connectivity index (χ1n) is 6.35. The quantitative estimate of drug-likeness (QED) is 0.234. The molecule has 11 heteroatoms. The summed E-state index contributed by atoms with van der Waals surface area (Å²) in [7, 11) is 0. The van der Waals surface area contributed by atoms with Crippen LogP contribution >= 0.6 is 0 Å². The minimum absolute atomic E-state index is 0.822. The molecule has 0 spiro atoms. The molecule has 0 aromatic heterocycles. The van der Waals surface area contributed by atoms with Crippen LogP contribution in [-0.4, -0.2) is 97.1 Å². The highest BCUT2D eigenvalue weighted by Gasteiger charge is 2.53. The zero-order valence-electron chi connectivity index (χ0n) is 11.4. The first kappa shape index (κ1) is 18.7. The molecule has 1 amide bonds. The largest absolute Gasteiger partial charge is 0.477 e. The molecule has 1 rings (SSSR count). The van der Waals surface area contributed by atoms with Gasteiger partial charge in [0.2, 0.25) is 5.91 Å². The lowest BCUT2D eigenvalue weighted by molar-refractivity contribution is -0.295. The highest BCUT2D eigenvalue weighted by molar-refractivity contribution is 5.78. The average Bonchev–Trinajstić information content (AvgIpc) is 2.47. The lowest BCUT2D eigenvalue weighted by atomic mass is 9.88. The Morgan fingerprint density at radius 2 is 1.91 bits per heavy atom. The van der Waals surface area contributed by atoms with Crippen LogP contribution in [0.15, 0.2) is 0 Å². The van der Waals surface area contributed by atoms with Gasteiger partial charge >= 0.3 is 5.97 Å². The molecule has 1 aliphatic heterocycles. The van der Waals surface area contributed by atoms with Gasteiger partial charge in [0, 0.05) is 6.42 Å². The van der Waals surface area contributed by atoms with Crippen molar-refractivity contribution >= 4 is 11.9 Å². The number of aliphatic hydroxyl groups excluding tert-OH is 5. The summed E-state index contributed by atoms with van der Waals surface area (Å²) in [6, 6.07) is -1.42. The Morgan fingerprint density at radius 3 is 2.36 bits per heavy atom. The molecule has 0 bridgehead atoms. The van der Waals surface area contributed by atoms with Crippen LogP contribution in [0.4, 0.5) is 0 Å². The van der Waals surface area contributed by atoms with E-state index in [1.807, 2.05) is 0 Å². The van der Waals surface area contributed by atoms with Crippen molar-refractivity contribution in [1.29, 1.82) is 0 Å². The fraction of sp³-hybridized carbons (Fsp3) is 0.818. The van der Waals surface area contributed by atoms with E-state index in [0.29, 0.717) is 0 Å². The van der Waals surface area contributed by atoms with Gasteiger partial charge in [-0.2, -0.15) is 0 Å². The summed E-state index contributed by atoms with van der Waals surface area (Å²) in [4.78, 5) is 22.2. The van der Waals surface area contributed by atoms with Gasteiger partial charge < -0.3 is 45.8 Å². The van der Waals surface area contributed by atoms with Crippen LogP contribution < -0.4 is 5.32 Å². The predicted molar refractivity (Wildman–Crippen MR) is 66.2 cm³/mol. The molecule has 0 aromatic carbocycles. The summed E-state index contributed by atoms with van der Waals surface area (Å²) in [5, 5.41) is 67.5. The van der Waals surface area contributed by atoms with Gasteiger partial charge in [0.25, 0.3) is 5.79 Å². The number of carboxylic acids is 1. The molecule has 1 fully saturated rings. The van der Waals surface area contributed by atoms with Gasteiger partial charge in [0.1, 0.15) is 24.9 Å². The standard InChI is InChI=1S/C11H19NO10/c13-2-5(16)8(18)9-7(12-6(17)3-14)4(15)1-11(21,22-9)10(19)20/h4-5,7-9,13-16,18,21H,1-3H2,(H,12,17)(H,19,20)/t4?,5-,7?,8-,9?,11?/m1/s1. The Balaban J connectivity index is 3.07. The second-order valence-corrected chi connectivity index (χ2v) is 4.94. The maximum Gasteiger partial charge on any atom is 0.364 e. The number of aliphatic hydroxyl groups is 6. The molecule has 22 heavy (non-hydrogen) atoms. The van der Waals surface area contributed by atoms with Gasteiger partial charge in [-0.1, -0.05) is 0 Å². The summed E-state index contributed by atoms with van der Waals surface area (Å²) in [6.07, 6.45) is -7.92. The van der Waals surface area contributed by atoms with Crippen molar-refractivity contribution in [3.8, 4) is 0 Å². The van der Waals surface area contributed by atoms with Gasteiger partial charge in [-0.3, -0.25) is 4.79 Å². The van der Waals surface area contributed by atoms with Gasteiger partial charge in [0.05, 0.1) is 18.8 Å². The molecule has 0 aromatic rings. The molecule has 1 heterocycles. The molecular weight excluding hydrogens is 306 g/mol. The number of ether oxygens (including phenoxy) is 1. The Hall–Kier alpha value is -1.34. The van der Waals surface area contributed by atoms with Crippen molar-refractivity contribution in [2.75, 3.05) is 13.2 Å². The van der Waals surface area contributed by atoms with E-state index >= 15 is 0 Å². The third kappa shape index (κ3) is 3.89. The molecule has 6 atom stereocenters. The second kappa shape index (κ2) is 7.28.